The number of imidazole rings is 1. The first-order valence-electron chi connectivity index (χ1n) is 10.2. The number of carbonyl (C=O) groups excluding carboxylic acids is 1. The van der Waals surface area contributed by atoms with Gasteiger partial charge in [-0.1, -0.05) is 23.7 Å². The molecule has 3 aromatic rings. The van der Waals surface area contributed by atoms with Crippen molar-refractivity contribution in [1.29, 1.82) is 0 Å². The van der Waals surface area contributed by atoms with E-state index in [1.54, 1.807) is 29.8 Å². The van der Waals surface area contributed by atoms with Crippen molar-refractivity contribution in [2.75, 3.05) is 24.1 Å². The van der Waals surface area contributed by atoms with Crippen LogP contribution in [-0.4, -0.2) is 44.6 Å². The van der Waals surface area contributed by atoms with Gasteiger partial charge in [0.2, 0.25) is 0 Å². The second-order valence-electron chi connectivity index (χ2n) is 7.96. The zero-order chi connectivity index (χ0) is 23.9. The predicted octanol–water partition coefficient (Wildman–Crippen LogP) is 4.20. The summed E-state index contributed by atoms with van der Waals surface area (Å²) in [5.74, 6) is -0.416. The zero-order valence-corrected chi connectivity index (χ0v) is 18.8. The molecule has 0 saturated heterocycles. The smallest absolute Gasteiger partial charge is 0.398 e. The van der Waals surface area contributed by atoms with Crippen molar-refractivity contribution < 1.29 is 18.0 Å². The highest BCUT2D eigenvalue weighted by Crippen LogP contribution is 2.35. The van der Waals surface area contributed by atoms with Crippen LogP contribution in [-0.2, 0) is 20.0 Å². The third kappa shape index (κ3) is 4.67. The van der Waals surface area contributed by atoms with Crippen molar-refractivity contribution in [3.05, 3.63) is 58.3 Å². The Balaban J connectivity index is 1.59. The number of anilines is 2. The van der Waals surface area contributed by atoms with Crippen LogP contribution in [0, 0.1) is 6.92 Å². The van der Waals surface area contributed by atoms with E-state index in [-0.39, 0.29) is 23.9 Å². The number of alkyl halides is 3. The van der Waals surface area contributed by atoms with Crippen molar-refractivity contribution in [2.24, 2.45) is 7.05 Å². The van der Waals surface area contributed by atoms with Crippen LogP contribution in [0.2, 0.25) is 5.02 Å². The number of nitrogens with zero attached hydrogens (tertiary/aromatic N) is 4. The number of nitrogens with one attached hydrogen (secondary N) is 1. The van der Waals surface area contributed by atoms with Gasteiger partial charge in [-0.15, -0.1) is 0 Å². The third-order valence-electron chi connectivity index (χ3n) is 5.71. The Labute approximate surface area is 193 Å². The van der Waals surface area contributed by atoms with E-state index in [0.29, 0.717) is 29.2 Å². The SMILES string of the molecule is Cc1c(N)cccc1-c1nccc(NC(=O)c2nc3c(n2C)CCN(CC(F)(F)F)C3)c1Cl. The molecule has 1 aliphatic heterocycles. The molecule has 1 aromatic carbocycles. The molecule has 2 aromatic heterocycles. The van der Waals surface area contributed by atoms with Gasteiger partial charge in [0.05, 0.1) is 28.6 Å². The summed E-state index contributed by atoms with van der Waals surface area (Å²) >= 11 is 6.56. The van der Waals surface area contributed by atoms with Gasteiger partial charge in [0.15, 0.2) is 5.82 Å². The fraction of sp³-hybridized carbons (Fsp3) is 0.318. The number of nitrogen functional groups attached to an aromatic ring is 1. The van der Waals surface area contributed by atoms with Crippen LogP contribution in [0.1, 0.15) is 27.6 Å². The van der Waals surface area contributed by atoms with Crippen molar-refractivity contribution in [3.8, 4) is 11.3 Å². The number of hydrogen-bond acceptors (Lipinski definition) is 5. The van der Waals surface area contributed by atoms with Crippen molar-refractivity contribution in [3.63, 3.8) is 0 Å². The average molecular weight is 479 g/mol. The minimum atomic E-state index is -4.29. The minimum Gasteiger partial charge on any atom is -0.398 e. The molecule has 0 atom stereocenters. The molecule has 1 amide bonds. The van der Waals surface area contributed by atoms with Crippen LogP contribution in [0.5, 0.6) is 0 Å². The summed E-state index contributed by atoms with van der Waals surface area (Å²) in [6, 6.07) is 6.97. The number of rotatable bonds is 4. The number of pyridine rings is 1. The number of aromatic nitrogens is 3. The Morgan fingerprint density at radius 1 is 1.30 bits per heavy atom. The lowest BCUT2D eigenvalue weighted by Gasteiger charge is -2.27. The highest BCUT2D eigenvalue weighted by molar-refractivity contribution is 6.36. The maximum Gasteiger partial charge on any atom is 0.401 e. The van der Waals surface area contributed by atoms with Crippen molar-refractivity contribution in [1.82, 2.24) is 19.4 Å². The first kappa shape index (κ1) is 23.1. The van der Waals surface area contributed by atoms with E-state index < -0.39 is 18.6 Å². The molecule has 0 saturated carbocycles. The summed E-state index contributed by atoms with van der Waals surface area (Å²) < 4.78 is 39.9. The predicted molar refractivity (Wildman–Crippen MR) is 120 cm³/mol. The zero-order valence-electron chi connectivity index (χ0n) is 18.0. The summed E-state index contributed by atoms with van der Waals surface area (Å²) in [5.41, 5.74) is 10.2. The molecule has 3 heterocycles. The quantitative estimate of drug-likeness (QED) is 0.549. The van der Waals surface area contributed by atoms with Gasteiger partial charge in [0.25, 0.3) is 5.91 Å². The number of hydrogen-bond donors (Lipinski definition) is 2. The Kier molecular flexibility index (Phi) is 6.06. The molecule has 1 aliphatic rings. The first-order chi connectivity index (χ1) is 15.5. The normalized spacial score (nSPS) is 14.2. The van der Waals surface area contributed by atoms with Crippen LogP contribution < -0.4 is 11.1 Å². The molecule has 4 rings (SSSR count). The van der Waals surface area contributed by atoms with Gasteiger partial charge in [-0.2, -0.15) is 13.2 Å². The number of halogens is 4. The number of nitrogens with two attached hydrogens (primary N) is 1. The van der Waals surface area contributed by atoms with Gasteiger partial charge in [-0.3, -0.25) is 14.7 Å². The minimum absolute atomic E-state index is 0.0326. The second kappa shape index (κ2) is 8.68. The highest BCUT2D eigenvalue weighted by atomic mass is 35.5. The molecule has 0 aliphatic carbocycles. The number of carbonyl (C=O) groups is 1. The monoisotopic (exact) mass is 478 g/mol. The Hall–Kier alpha value is -3.11. The van der Waals surface area contributed by atoms with Crippen LogP contribution in [0.3, 0.4) is 0 Å². The number of fused-ring (bicyclic) bond motifs is 1. The summed E-state index contributed by atoms with van der Waals surface area (Å²) in [6.45, 7) is 1.12. The van der Waals surface area contributed by atoms with Crippen LogP contribution in [0.4, 0.5) is 24.5 Å². The largest absolute Gasteiger partial charge is 0.401 e. The van der Waals surface area contributed by atoms with Gasteiger partial charge < -0.3 is 15.6 Å². The molecule has 33 heavy (non-hydrogen) atoms. The third-order valence-corrected chi connectivity index (χ3v) is 6.09. The second-order valence-corrected chi connectivity index (χ2v) is 8.34. The summed E-state index contributed by atoms with van der Waals surface area (Å²) in [5, 5.41) is 3.00. The van der Waals surface area contributed by atoms with Gasteiger partial charge >= 0.3 is 6.18 Å². The van der Waals surface area contributed by atoms with E-state index in [4.69, 9.17) is 17.3 Å². The molecular formula is C22H22ClF3N6O. The Morgan fingerprint density at radius 3 is 2.79 bits per heavy atom. The average Bonchev–Trinajstić information content (AvgIpc) is 3.06. The molecule has 7 nitrogen and oxygen atoms in total. The molecule has 0 bridgehead atoms. The molecule has 3 N–H and O–H groups in total. The molecule has 0 fully saturated rings. The van der Waals surface area contributed by atoms with Crippen LogP contribution in [0.25, 0.3) is 11.3 Å². The summed E-state index contributed by atoms with van der Waals surface area (Å²) in [4.78, 5) is 22.9. The number of amides is 1. The molecule has 0 unspecified atom stereocenters. The lowest BCUT2D eigenvalue weighted by Crippen LogP contribution is -2.38. The number of benzene rings is 1. The van der Waals surface area contributed by atoms with Gasteiger partial charge in [0.1, 0.15) is 0 Å². The molecule has 11 heteroatoms. The standard InChI is InChI=1S/C22H22ClF3N6O/c1-12-13(4-3-5-14(12)27)19-18(23)15(6-8-28-19)30-21(33)20-29-16-10-32(11-22(24,25)26)9-7-17(16)31(20)2/h3-6,8H,7,9-11,27H2,1-2H3,(H,28,30,33). The van der Waals surface area contributed by atoms with E-state index in [0.717, 1.165) is 16.8 Å². The summed E-state index contributed by atoms with van der Waals surface area (Å²) in [6.07, 6.45) is -2.39. The van der Waals surface area contributed by atoms with Gasteiger partial charge in [-0.25, -0.2) is 4.98 Å². The fourth-order valence-electron chi connectivity index (χ4n) is 3.99. The van der Waals surface area contributed by atoms with E-state index in [1.807, 2.05) is 13.0 Å². The lowest BCUT2D eigenvalue weighted by atomic mass is 10.0. The Morgan fingerprint density at radius 2 is 2.06 bits per heavy atom. The molecule has 174 valence electrons. The van der Waals surface area contributed by atoms with Crippen molar-refractivity contribution in [2.45, 2.75) is 26.1 Å². The topological polar surface area (TPSA) is 89.1 Å². The van der Waals surface area contributed by atoms with Gasteiger partial charge in [0, 0.05) is 49.7 Å². The van der Waals surface area contributed by atoms with Gasteiger partial charge in [-0.05, 0) is 24.6 Å². The van der Waals surface area contributed by atoms with Crippen LogP contribution in [0.15, 0.2) is 30.5 Å². The highest BCUT2D eigenvalue weighted by Gasteiger charge is 2.34. The van der Waals surface area contributed by atoms with Crippen molar-refractivity contribution >= 4 is 28.9 Å². The maximum atomic E-state index is 13.0. The molecular weight excluding hydrogens is 457 g/mol. The lowest BCUT2D eigenvalue weighted by molar-refractivity contribution is -0.147. The first-order valence-corrected chi connectivity index (χ1v) is 10.6. The maximum absolute atomic E-state index is 13.0. The molecule has 0 radical (unpaired) electrons. The Bertz CT molecular complexity index is 1220. The molecule has 0 spiro atoms. The van der Waals surface area contributed by atoms with E-state index in [1.165, 1.54) is 11.1 Å². The van der Waals surface area contributed by atoms with E-state index >= 15 is 0 Å². The van der Waals surface area contributed by atoms with E-state index in [9.17, 15) is 18.0 Å². The van der Waals surface area contributed by atoms with E-state index in [2.05, 4.69) is 15.3 Å². The summed E-state index contributed by atoms with van der Waals surface area (Å²) in [7, 11) is 1.68. The van der Waals surface area contributed by atoms with Crippen LogP contribution >= 0.6 is 11.6 Å². The fourth-order valence-corrected chi connectivity index (χ4v) is 4.25.